The summed E-state index contributed by atoms with van der Waals surface area (Å²) in [4.78, 5) is 29.3. The molecule has 0 aromatic heterocycles. The van der Waals surface area contributed by atoms with Gasteiger partial charge in [-0.1, -0.05) is 84.9 Å². The number of hydrogen-bond donors (Lipinski definition) is 1. The van der Waals surface area contributed by atoms with Crippen LogP contribution in [0.1, 0.15) is 55.7 Å². The third kappa shape index (κ3) is 7.28. The van der Waals surface area contributed by atoms with Crippen molar-refractivity contribution < 1.29 is 18.0 Å². The van der Waals surface area contributed by atoms with E-state index in [1.165, 1.54) is 17.0 Å². The number of halogens is 2. The highest BCUT2D eigenvalue weighted by molar-refractivity contribution is 7.92. The Bertz CT molecular complexity index is 1520. The molecule has 3 aromatic rings. The van der Waals surface area contributed by atoms with Crippen LogP contribution < -0.4 is 9.62 Å². The minimum Gasteiger partial charge on any atom is -0.352 e. The van der Waals surface area contributed by atoms with Crippen LogP contribution >= 0.6 is 23.2 Å². The van der Waals surface area contributed by atoms with Gasteiger partial charge in [0, 0.05) is 22.6 Å². The largest absolute Gasteiger partial charge is 0.352 e. The minimum absolute atomic E-state index is 0.0437. The molecule has 1 fully saturated rings. The third-order valence-electron chi connectivity index (χ3n) is 7.78. The molecule has 2 amide bonds. The zero-order chi connectivity index (χ0) is 30.4. The van der Waals surface area contributed by atoms with Crippen molar-refractivity contribution in [3.05, 3.63) is 93.5 Å². The summed E-state index contributed by atoms with van der Waals surface area (Å²) in [6.07, 6.45) is 4.24. The van der Waals surface area contributed by atoms with Gasteiger partial charge in [-0.15, -0.1) is 0 Å². The molecule has 0 unspecified atom stereocenters. The van der Waals surface area contributed by atoms with Crippen molar-refractivity contribution in [2.45, 2.75) is 76.4 Å². The van der Waals surface area contributed by atoms with E-state index in [0.717, 1.165) is 35.6 Å². The number of carbonyl (C=O) groups is 2. The molecular formula is C32H37Cl2N3O4S. The lowest BCUT2D eigenvalue weighted by atomic mass is 10.1. The number of benzene rings is 3. The van der Waals surface area contributed by atoms with Gasteiger partial charge in [-0.2, -0.15) is 0 Å². The highest BCUT2D eigenvalue weighted by atomic mass is 35.5. The van der Waals surface area contributed by atoms with Crippen LogP contribution in [0.3, 0.4) is 0 Å². The van der Waals surface area contributed by atoms with E-state index in [0.29, 0.717) is 27.6 Å². The molecule has 1 atom stereocenters. The van der Waals surface area contributed by atoms with Crippen LogP contribution in [0.4, 0.5) is 5.69 Å². The summed E-state index contributed by atoms with van der Waals surface area (Å²) >= 11 is 12.9. The first-order chi connectivity index (χ1) is 20.0. The lowest BCUT2D eigenvalue weighted by molar-refractivity contribution is -0.140. The van der Waals surface area contributed by atoms with Gasteiger partial charge in [-0.3, -0.25) is 13.9 Å². The Kier molecular flexibility index (Phi) is 10.6. The van der Waals surface area contributed by atoms with E-state index < -0.39 is 28.5 Å². The maximum atomic E-state index is 14.3. The van der Waals surface area contributed by atoms with E-state index in [1.807, 2.05) is 19.9 Å². The van der Waals surface area contributed by atoms with Crippen molar-refractivity contribution in [1.82, 2.24) is 10.2 Å². The standard InChI is InChI=1S/C32H37Cl2N3O4S/c1-4-29(32(39)35-25-11-6-7-12-25)36(20-24-10-5-8-13-28(24)34)31(38)21-37(30-15-9-14-27(33)23(30)3)42(40,41)26-18-16-22(2)17-19-26/h5,8-10,13-19,25,29H,4,6-7,11-12,20-21H2,1-3H3,(H,35,39)/t29-/m1/s1. The molecule has 0 saturated heterocycles. The predicted octanol–water partition coefficient (Wildman–Crippen LogP) is 6.67. The van der Waals surface area contributed by atoms with Crippen molar-refractivity contribution in [3.63, 3.8) is 0 Å². The molecule has 0 heterocycles. The summed E-state index contributed by atoms with van der Waals surface area (Å²) in [5.74, 6) is -0.782. The van der Waals surface area contributed by atoms with Crippen LogP contribution in [0.25, 0.3) is 0 Å². The average Bonchev–Trinajstić information content (AvgIpc) is 3.47. The van der Waals surface area contributed by atoms with E-state index in [4.69, 9.17) is 23.2 Å². The number of rotatable bonds is 11. The van der Waals surface area contributed by atoms with E-state index in [9.17, 15) is 18.0 Å². The fourth-order valence-corrected chi connectivity index (χ4v) is 7.15. The Morgan fingerprint density at radius 1 is 0.929 bits per heavy atom. The maximum absolute atomic E-state index is 14.3. The second-order valence-corrected chi connectivity index (χ2v) is 13.4. The smallest absolute Gasteiger partial charge is 0.264 e. The zero-order valence-corrected chi connectivity index (χ0v) is 26.5. The van der Waals surface area contributed by atoms with Crippen molar-refractivity contribution in [2.75, 3.05) is 10.8 Å². The van der Waals surface area contributed by atoms with Gasteiger partial charge in [-0.25, -0.2) is 8.42 Å². The van der Waals surface area contributed by atoms with E-state index in [2.05, 4.69) is 5.32 Å². The number of amides is 2. The maximum Gasteiger partial charge on any atom is 0.264 e. The number of carbonyl (C=O) groups excluding carboxylic acids is 2. The second kappa shape index (κ2) is 13.9. The minimum atomic E-state index is -4.19. The summed E-state index contributed by atoms with van der Waals surface area (Å²) in [7, 11) is -4.19. The summed E-state index contributed by atoms with van der Waals surface area (Å²) < 4.78 is 29.3. The van der Waals surface area contributed by atoms with Crippen LogP contribution in [-0.2, 0) is 26.2 Å². The van der Waals surface area contributed by atoms with Crippen LogP contribution in [0, 0.1) is 13.8 Å². The summed E-state index contributed by atoms with van der Waals surface area (Å²) in [5.41, 5.74) is 2.37. The fraction of sp³-hybridized carbons (Fsp3) is 0.375. The van der Waals surface area contributed by atoms with Crippen LogP contribution in [0.2, 0.25) is 10.0 Å². The molecule has 1 aliphatic carbocycles. The van der Waals surface area contributed by atoms with Gasteiger partial charge in [0.05, 0.1) is 10.6 Å². The van der Waals surface area contributed by atoms with Crippen LogP contribution in [-0.4, -0.2) is 43.8 Å². The Labute approximate surface area is 258 Å². The van der Waals surface area contributed by atoms with Gasteiger partial charge in [0.2, 0.25) is 11.8 Å². The summed E-state index contributed by atoms with van der Waals surface area (Å²) in [5, 5.41) is 3.94. The molecule has 0 aliphatic heterocycles. The van der Waals surface area contributed by atoms with Gasteiger partial charge in [-0.05, 0) is 74.6 Å². The van der Waals surface area contributed by atoms with Gasteiger partial charge >= 0.3 is 0 Å². The molecule has 0 spiro atoms. The molecule has 0 radical (unpaired) electrons. The number of nitrogens with zero attached hydrogens (tertiary/aromatic N) is 2. The first-order valence-electron chi connectivity index (χ1n) is 14.2. The van der Waals surface area contributed by atoms with Crippen molar-refractivity contribution in [3.8, 4) is 0 Å². The summed E-state index contributed by atoms with van der Waals surface area (Å²) in [6.45, 7) is 4.93. The molecule has 1 saturated carbocycles. The lowest BCUT2D eigenvalue weighted by Crippen LogP contribution is -2.53. The molecular weight excluding hydrogens is 593 g/mol. The number of nitrogens with one attached hydrogen (secondary N) is 1. The first-order valence-corrected chi connectivity index (χ1v) is 16.4. The monoisotopic (exact) mass is 629 g/mol. The van der Waals surface area contributed by atoms with Crippen molar-refractivity contribution in [1.29, 1.82) is 0 Å². The molecule has 10 heteroatoms. The van der Waals surface area contributed by atoms with E-state index in [-0.39, 0.29) is 29.1 Å². The van der Waals surface area contributed by atoms with Gasteiger partial charge < -0.3 is 10.2 Å². The SMILES string of the molecule is CC[C@H](C(=O)NC1CCCC1)N(Cc1ccccc1Cl)C(=O)CN(c1cccc(Cl)c1C)S(=O)(=O)c1ccc(C)cc1. The Morgan fingerprint density at radius 3 is 2.21 bits per heavy atom. The molecule has 1 N–H and O–H groups in total. The molecule has 224 valence electrons. The fourth-order valence-electron chi connectivity index (χ4n) is 5.31. The van der Waals surface area contributed by atoms with Crippen LogP contribution in [0.5, 0.6) is 0 Å². The van der Waals surface area contributed by atoms with Crippen LogP contribution in [0.15, 0.2) is 71.6 Å². The highest BCUT2D eigenvalue weighted by Crippen LogP contribution is 2.32. The second-order valence-electron chi connectivity index (χ2n) is 10.7. The first kappa shape index (κ1) is 31.9. The third-order valence-corrected chi connectivity index (χ3v) is 10.3. The quantitative estimate of drug-likeness (QED) is 0.256. The Morgan fingerprint density at radius 2 is 1.57 bits per heavy atom. The lowest BCUT2D eigenvalue weighted by Gasteiger charge is -2.34. The number of aryl methyl sites for hydroxylation is 1. The van der Waals surface area contributed by atoms with Gasteiger partial charge in [0.1, 0.15) is 12.6 Å². The zero-order valence-electron chi connectivity index (χ0n) is 24.1. The number of sulfonamides is 1. The van der Waals surface area contributed by atoms with E-state index >= 15 is 0 Å². The molecule has 1 aliphatic rings. The molecule has 4 rings (SSSR count). The van der Waals surface area contributed by atoms with Gasteiger partial charge in [0.25, 0.3) is 10.0 Å². The Hall–Kier alpha value is -3.07. The average molecular weight is 631 g/mol. The normalized spacial score (nSPS) is 14.4. The van der Waals surface area contributed by atoms with Gasteiger partial charge in [0.15, 0.2) is 0 Å². The predicted molar refractivity (Wildman–Crippen MR) is 168 cm³/mol. The van der Waals surface area contributed by atoms with Crippen molar-refractivity contribution in [2.24, 2.45) is 0 Å². The molecule has 7 nitrogen and oxygen atoms in total. The Balaban J connectivity index is 1.75. The number of hydrogen-bond acceptors (Lipinski definition) is 4. The summed E-state index contributed by atoms with van der Waals surface area (Å²) in [6, 6.07) is 17.8. The highest BCUT2D eigenvalue weighted by Gasteiger charge is 2.35. The number of anilines is 1. The van der Waals surface area contributed by atoms with Crippen molar-refractivity contribution >= 4 is 50.7 Å². The topological polar surface area (TPSA) is 86.8 Å². The molecule has 3 aromatic carbocycles. The molecule has 0 bridgehead atoms. The van der Waals surface area contributed by atoms with E-state index in [1.54, 1.807) is 55.5 Å². The molecule has 42 heavy (non-hydrogen) atoms.